The number of halogens is 1. The number of amides is 1. The highest BCUT2D eigenvalue weighted by molar-refractivity contribution is 9.10. The maximum absolute atomic E-state index is 12.7. The fourth-order valence-corrected chi connectivity index (χ4v) is 3.79. The number of nitrogens with one attached hydrogen (secondary N) is 1. The second-order valence-electron chi connectivity index (χ2n) is 7.49. The van der Waals surface area contributed by atoms with Crippen LogP contribution < -0.4 is 15.8 Å². The van der Waals surface area contributed by atoms with E-state index in [0.29, 0.717) is 17.0 Å². The van der Waals surface area contributed by atoms with Gasteiger partial charge >= 0.3 is 5.97 Å². The number of nitriles is 1. The number of anilines is 1. The summed E-state index contributed by atoms with van der Waals surface area (Å²) in [5, 5.41) is 12.5. The number of benzene rings is 2. The summed E-state index contributed by atoms with van der Waals surface area (Å²) in [6, 6.07) is 14.3. The predicted octanol–water partition coefficient (Wildman–Crippen LogP) is 4.42. The molecule has 1 amide bonds. The molecule has 3 N–H and O–H groups in total. The molecule has 34 heavy (non-hydrogen) atoms. The fraction of sp³-hybridized carbons (Fsp3) is 0.240. The van der Waals surface area contributed by atoms with E-state index < -0.39 is 11.9 Å². The normalized spacial score (nSPS) is 15.3. The number of ether oxygens (including phenoxy) is 3. The summed E-state index contributed by atoms with van der Waals surface area (Å²) in [6.07, 6.45) is 0. The Morgan fingerprint density at radius 2 is 2.00 bits per heavy atom. The van der Waals surface area contributed by atoms with Crippen molar-refractivity contribution in [3.05, 3.63) is 80.9 Å². The van der Waals surface area contributed by atoms with Crippen LogP contribution in [-0.4, -0.2) is 25.1 Å². The molecule has 1 unspecified atom stereocenters. The number of carbonyl (C=O) groups is 2. The van der Waals surface area contributed by atoms with Crippen molar-refractivity contribution in [2.24, 2.45) is 5.73 Å². The largest absolute Gasteiger partial charge is 0.484 e. The van der Waals surface area contributed by atoms with Crippen LogP contribution in [0.3, 0.4) is 0 Å². The number of carbonyl (C=O) groups excluding carboxylic acids is 2. The Morgan fingerprint density at radius 1 is 1.24 bits per heavy atom. The molecule has 0 spiro atoms. The lowest BCUT2D eigenvalue weighted by molar-refractivity contribution is -0.139. The van der Waals surface area contributed by atoms with Crippen LogP contribution in [-0.2, 0) is 19.1 Å². The molecule has 176 valence electrons. The summed E-state index contributed by atoms with van der Waals surface area (Å²) in [5.41, 5.74) is 8.44. The van der Waals surface area contributed by atoms with Crippen LogP contribution in [0.25, 0.3) is 0 Å². The van der Waals surface area contributed by atoms with Gasteiger partial charge < -0.3 is 25.3 Å². The summed E-state index contributed by atoms with van der Waals surface area (Å²) in [4.78, 5) is 25.0. The van der Waals surface area contributed by atoms with Gasteiger partial charge in [-0.1, -0.05) is 28.1 Å². The number of aryl methyl sites for hydroxylation is 1. The second-order valence-corrected chi connectivity index (χ2v) is 8.34. The van der Waals surface area contributed by atoms with Gasteiger partial charge in [0.05, 0.1) is 18.1 Å². The number of hydrogen-bond acceptors (Lipinski definition) is 7. The van der Waals surface area contributed by atoms with E-state index in [1.165, 1.54) is 0 Å². The quantitative estimate of drug-likeness (QED) is 0.512. The molecule has 0 aromatic heterocycles. The molecule has 0 bridgehead atoms. The first-order valence-corrected chi connectivity index (χ1v) is 11.3. The Hall–Kier alpha value is -3.77. The van der Waals surface area contributed by atoms with Crippen molar-refractivity contribution < 1.29 is 23.8 Å². The van der Waals surface area contributed by atoms with Crippen LogP contribution in [0.5, 0.6) is 5.75 Å². The molecule has 2 aromatic rings. The smallest absolute Gasteiger partial charge is 0.338 e. The van der Waals surface area contributed by atoms with Crippen LogP contribution in [0.15, 0.2) is 69.7 Å². The first-order valence-electron chi connectivity index (χ1n) is 10.5. The monoisotopic (exact) mass is 525 g/mol. The van der Waals surface area contributed by atoms with E-state index in [9.17, 15) is 14.9 Å². The number of allylic oxidation sites excluding steroid dienone is 2. The Labute approximate surface area is 206 Å². The number of nitrogens with two attached hydrogens (primary N) is 1. The molecule has 2 aromatic carbocycles. The second kappa shape index (κ2) is 10.9. The van der Waals surface area contributed by atoms with Gasteiger partial charge in [-0.3, -0.25) is 4.79 Å². The van der Waals surface area contributed by atoms with Gasteiger partial charge in [-0.2, -0.15) is 5.26 Å². The molecule has 8 nitrogen and oxygen atoms in total. The van der Waals surface area contributed by atoms with Gasteiger partial charge in [-0.15, -0.1) is 0 Å². The molecule has 0 aliphatic carbocycles. The molecule has 9 heteroatoms. The van der Waals surface area contributed by atoms with Crippen LogP contribution >= 0.6 is 15.9 Å². The maximum Gasteiger partial charge on any atom is 0.338 e. The van der Waals surface area contributed by atoms with E-state index in [4.69, 9.17) is 19.9 Å². The summed E-state index contributed by atoms with van der Waals surface area (Å²) in [6.45, 7) is 5.15. The lowest BCUT2D eigenvalue weighted by Crippen LogP contribution is -2.25. The third kappa shape index (κ3) is 5.58. The zero-order valence-electron chi connectivity index (χ0n) is 19.0. The molecule has 1 atom stereocenters. The van der Waals surface area contributed by atoms with Crippen molar-refractivity contribution >= 4 is 33.5 Å². The molecule has 0 saturated carbocycles. The summed E-state index contributed by atoms with van der Waals surface area (Å²) in [5.74, 6) is -1.14. The average Bonchev–Trinajstić information content (AvgIpc) is 2.80. The van der Waals surface area contributed by atoms with E-state index >= 15 is 0 Å². The van der Waals surface area contributed by atoms with Crippen molar-refractivity contribution in [1.82, 2.24) is 0 Å². The van der Waals surface area contributed by atoms with Crippen LogP contribution in [0.4, 0.5) is 5.69 Å². The zero-order chi connectivity index (χ0) is 24.8. The SMILES string of the molecule is CCOC(=O)C1=C(C)OC(N)=C(C#N)C1c1cccc(OCC(=O)Nc2ccc(Br)c(C)c2)c1. The van der Waals surface area contributed by atoms with E-state index in [2.05, 4.69) is 21.2 Å². The van der Waals surface area contributed by atoms with Gasteiger partial charge in [0.2, 0.25) is 5.88 Å². The summed E-state index contributed by atoms with van der Waals surface area (Å²) in [7, 11) is 0. The van der Waals surface area contributed by atoms with Gasteiger partial charge in [0.1, 0.15) is 23.2 Å². The number of hydrogen-bond donors (Lipinski definition) is 2. The number of esters is 1. The summed E-state index contributed by atoms with van der Waals surface area (Å²) < 4.78 is 17.2. The van der Waals surface area contributed by atoms with E-state index in [1.807, 2.05) is 25.1 Å². The van der Waals surface area contributed by atoms with Gasteiger partial charge in [-0.25, -0.2) is 4.79 Å². The van der Waals surface area contributed by atoms with E-state index in [0.717, 1.165) is 10.0 Å². The third-order valence-electron chi connectivity index (χ3n) is 5.10. The molecule has 0 fully saturated rings. The Kier molecular flexibility index (Phi) is 7.97. The minimum absolute atomic E-state index is 0.0754. The van der Waals surface area contributed by atoms with Crippen molar-refractivity contribution in [2.45, 2.75) is 26.7 Å². The van der Waals surface area contributed by atoms with Crippen molar-refractivity contribution in [3.8, 4) is 11.8 Å². The molecule has 0 radical (unpaired) electrons. The highest BCUT2D eigenvalue weighted by atomic mass is 79.9. The lowest BCUT2D eigenvalue weighted by Gasteiger charge is -2.27. The van der Waals surface area contributed by atoms with Gasteiger partial charge in [0.25, 0.3) is 5.91 Å². The van der Waals surface area contributed by atoms with Gasteiger partial charge in [0.15, 0.2) is 6.61 Å². The van der Waals surface area contributed by atoms with Crippen molar-refractivity contribution in [2.75, 3.05) is 18.5 Å². The Bertz CT molecular complexity index is 1230. The molecular formula is C25H24BrN3O5. The lowest BCUT2D eigenvalue weighted by atomic mass is 9.83. The topological polar surface area (TPSA) is 124 Å². The maximum atomic E-state index is 12.7. The highest BCUT2D eigenvalue weighted by Crippen LogP contribution is 2.40. The standard InChI is InChI=1S/C25H24BrN3O5/c1-4-32-25(31)22-15(3)34-24(28)19(12-27)23(22)16-6-5-7-18(11-16)33-13-21(30)29-17-8-9-20(26)14(2)10-17/h5-11,23H,4,13,28H2,1-3H3,(H,29,30). The number of nitrogens with zero attached hydrogens (tertiary/aromatic N) is 1. The molecule has 0 saturated heterocycles. The molecule has 1 aliphatic heterocycles. The van der Waals surface area contributed by atoms with Crippen LogP contribution in [0.2, 0.25) is 0 Å². The number of rotatable bonds is 7. The minimum atomic E-state index is -0.791. The first kappa shape index (κ1) is 24.9. The summed E-state index contributed by atoms with van der Waals surface area (Å²) >= 11 is 3.43. The van der Waals surface area contributed by atoms with Crippen LogP contribution in [0, 0.1) is 18.3 Å². The van der Waals surface area contributed by atoms with Crippen molar-refractivity contribution in [3.63, 3.8) is 0 Å². The highest BCUT2D eigenvalue weighted by Gasteiger charge is 2.36. The minimum Gasteiger partial charge on any atom is -0.484 e. The Morgan fingerprint density at radius 3 is 2.68 bits per heavy atom. The predicted molar refractivity (Wildman–Crippen MR) is 129 cm³/mol. The van der Waals surface area contributed by atoms with Crippen molar-refractivity contribution in [1.29, 1.82) is 5.26 Å². The van der Waals surface area contributed by atoms with E-state index in [-0.39, 0.29) is 41.9 Å². The third-order valence-corrected chi connectivity index (χ3v) is 5.99. The first-order chi connectivity index (χ1) is 16.2. The molecule has 3 rings (SSSR count). The molecule has 1 heterocycles. The van der Waals surface area contributed by atoms with Gasteiger partial charge in [-0.05, 0) is 62.2 Å². The molecule has 1 aliphatic rings. The fourth-order valence-electron chi connectivity index (χ4n) is 3.54. The van der Waals surface area contributed by atoms with E-state index in [1.54, 1.807) is 44.2 Å². The average molecular weight is 526 g/mol. The molecular weight excluding hydrogens is 502 g/mol. The Balaban J connectivity index is 1.81. The zero-order valence-corrected chi connectivity index (χ0v) is 20.6. The van der Waals surface area contributed by atoms with Crippen LogP contribution in [0.1, 0.15) is 30.9 Å². The van der Waals surface area contributed by atoms with Gasteiger partial charge in [0, 0.05) is 10.2 Å².